The highest BCUT2D eigenvalue weighted by atomic mass is 32.2. The first kappa shape index (κ1) is 28.0. The van der Waals surface area contributed by atoms with E-state index in [2.05, 4.69) is 5.32 Å². The molecule has 2 aromatic carbocycles. The number of carboxylic acid groups (broad SMARTS) is 1. The Morgan fingerprint density at radius 2 is 1.84 bits per heavy atom. The molecule has 0 aromatic heterocycles. The molecule has 1 aliphatic rings. The first-order valence-electron chi connectivity index (χ1n) is 10.8. The fourth-order valence-electron chi connectivity index (χ4n) is 3.65. The number of nitrogens with zero attached hydrogens (tertiary/aromatic N) is 1. The summed E-state index contributed by atoms with van der Waals surface area (Å²) in [6.07, 6.45) is -7.81. The van der Waals surface area contributed by atoms with Gasteiger partial charge in [0.2, 0.25) is 0 Å². The number of carbonyl (C=O) groups is 2. The molecule has 0 spiro atoms. The lowest BCUT2D eigenvalue weighted by atomic mass is 10.1. The Morgan fingerprint density at radius 1 is 1.19 bits per heavy atom. The number of sulfonamides is 1. The van der Waals surface area contributed by atoms with E-state index in [1.165, 1.54) is 19.1 Å². The molecule has 0 radical (unpaired) electrons. The fourth-order valence-corrected chi connectivity index (χ4v) is 5.24. The van der Waals surface area contributed by atoms with Gasteiger partial charge in [-0.3, -0.25) is 14.4 Å². The molecule has 2 aromatic rings. The van der Waals surface area contributed by atoms with Crippen LogP contribution in [0.4, 0.5) is 33.7 Å². The number of benzene rings is 2. The zero-order chi connectivity index (χ0) is 27.9. The van der Waals surface area contributed by atoms with E-state index in [0.717, 1.165) is 0 Å². The minimum Gasteiger partial charge on any atom is -0.486 e. The van der Waals surface area contributed by atoms with Crippen molar-refractivity contribution in [1.82, 2.24) is 0 Å². The van der Waals surface area contributed by atoms with Gasteiger partial charge in [-0.15, -0.1) is 0 Å². The summed E-state index contributed by atoms with van der Waals surface area (Å²) in [4.78, 5) is 22.7. The third-order valence-corrected chi connectivity index (χ3v) is 6.94. The molecule has 1 heterocycles. The minimum atomic E-state index is -5.16. The van der Waals surface area contributed by atoms with Gasteiger partial charge in [0.1, 0.15) is 23.3 Å². The molecule has 0 saturated carbocycles. The summed E-state index contributed by atoms with van der Waals surface area (Å²) < 4.78 is 92.3. The standard InChI is InChI=1S/C23H24F4N2O7S/c1-12-17(28-21(32)36-22(2,3)4)7-8-18-20(12)29(11-13(35-18)9-19(30)31)37(33,34)14-5-6-16(24)15(10-14)23(25,26)27/h5-8,10,13H,9,11H2,1-4H3,(H,28,32)(H,30,31). The van der Waals surface area contributed by atoms with Crippen molar-refractivity contribution in [1.29, 1.82) is 0 Å². The van der Waals surface area contributed by atoms with Crippen LogP contribution < -0.4 is 14.4 Å². The van der Waals surface area contributed by atoms with Crippen molar-refractivity contribution >= 4 is 33.5 Å². The summed E-state index contributed by atoms with van der Waals surface area (Å²) in [7, 11) is -4.79. The highest BCUT2D eigenvalue weighted by Crippen LogP contribution is 2.43. The molecule has 1 aliphatic heterocycles. The highest BCUT2D eigenvalue weighted by molar-refractivity contribution is 7.92. The number of hydrogen-bond acceptors (Lipinski definition) is 6. The van der Waals surface area contributed by atoms with Crippen molar-refractivity contribution in [3.63, 3.8) is 0 Å². The number of alkyl halides is 3. The van der Waals surface area contributed by atoms with E-state index in [1.807, 2.05) is 0 Å². The molecule has 0 fully saturated rings. The van der Waals surface area contributed by atoms with Crippen molar-refractivity contribution in [3.05, 3.63) is 47.3 Å². The van der Waals surface area contributed by atoms with E-state index in [4.69, 9.17) is 9.47 Å². The summed E-state index contributed by atoms with van der Waals surface area (Å²) in [5, 5.41) is 11.7. The van der Waals surface area contributed by atoms with Crippen LogP contribution in [0.25, 0.3) is 0 Å². The van der Waals surface area contributed by atoms with Crippen LogP contribution in [-0.2, 0) is 25.7 Å². The smallest absolute Gasteiger partial charge is 0.419 e. The summed E-state index contributed by atoms with van der Waals surface area (Å²) >= 11 is 0. The molecule has 37 heavy (non-hydrogen) atoms. The van der Waals surface area contributed by atoms with E-state index >= 15 is 0 Å². The molecule has 1 atom stereocenters. The van der Waals surface area contributed by atoms with Crippen molar-refractivity contribution in [2.24, 2.45) is 0 Å². The Labute approximate surface area is 210 Å². The summed E-state index contributed by atoms with van der Waals surface area (Å²) in [6.45, 7) is 5.76. The number of ether oxygens (including phenoxy) is 2. The predicted octanol–water partition coefficient (Wildman–Crippen LogP) is 4.93. The third kappa shape index (κ3) is 6.24. The maximum atomic E-state index is 13.8. The SMILES string of the molecule is Cc1c(NC(=O)OC(C)(C)C)ccc2c1N(S(=O)(=O)c1ccc(F)c(C(F)(F)F)c1)CC(CC(=O)O)O2. The van der Waals surface area contributed by atoms with Crippen LogP contribution in [0, 0.1) is 12.7 Å². The number of amides is 1. The highest BCUT2D eigenvalue weighted by Gasteiger charge is 2.40. The molecule has 0 saturated heterocycles. The Hall–Kier alpha value is -3.55. The summed E-state index contributed by atoms with van der Waals surface area (Å²) in [6, 6.07) is 3.91. The molecule has 1 amide bonds. The lowest BCUT2D eigenvalue weighted by Gasteiger charge is -2.36. The predicted molar refractivity (Wildman–Crippen MR) is 124 cm³/mol. The maximum absolute atomic E-state index is 13.8. The van der Waals surface area contributed by atoms with E-state index < -0.39 is 69.2 Å². The summed E-state index contributed by atoms with van der Waals surface area (Å²) in [5.41, 5.74) is -2.48. The van der Waals surface area contributed by atoms with E-state index in [9.17, 15) is 40.7 Å². The summed E-state index contributed by atoms with van der Waals surface area (Å²) in [5.74, 6) is -3.03. The van der Waals surface area contributed by atoms with Gasteiger partial charge in [-0.25, -0.2) is 17.6 Å². The van der Waals surface area contributed by atoms with E-state index in [-0.39, 0.29) is 28.8 Å². The van der Waals surface area contributed by atoms with Gasteiger partial charge in [-0.1, -0.05) is 0 Å². The van der Waals surface area contributed by atoms with Crippen LogP contribution in [0.3, 0.4) is 0 Å². The molecule has 2 N–H and O–H groups in total. The van der Waals surface area contributed by atoms with Gasteiger partial charge in [0.25, 0.3) is 10.0 Å². The first-order valence-corrected chi connectivity index (χ1v) is 12.3. The largest absolute Gasteiger partial charge is 0.486 e. The van der Waals surface area contributed by atoms with Crippen LogP contribution >= 0.6 is 0 Å². The number of fused-ring (bicyclic) bond motifs is 1. The molecule has 1 unspecified atom stereocenters. The van der Waals surface area contributed by atoms with Crippen molar-refractivity contribution in [3.8, 4) is 5.75 Å². The van der Waals surface area contributed by atoms with Gasteiger partial charge >= 0.3 is 18.2 Å². The zero-order valence-corrected chi connectivity index (χ0v) is 21.0. The van der Waals surface area contributed by atoms with Crippen LogP contribution in [0.1, 0.15) is 38.3 Å². The topological polar surface area (TPSA) is 122 Å². The zero-order valence-electron chi connectivity index (χ0n) is 20.1. The molecule has 0 aliphatic carbocycles. The van der Waals surface area contributed by atoms with Crippen LogP contribution in [0.15, 0.2) is 35.2 Å². The average molecular weight is 549 g/mol. The van der Waals surface area contributed by atoms with Crippen LogP contribution in [0.5, 0.6) is 5.75 Å². The molecule has 0 bridgehead atoms. The van der Waals surface area contributed by atoms with Gasteiger partial charge in [-0.05, 0) is 58.0 Å². The molecular formula is C23H24F4N2O7S. The lowest BCUT2D eigenvalue weighted by Crippen LogP contribution is -2.45. The fraction of sp³-hybridized carbons (Fsp3) is 0.391. The van der Waals surface area contributed by atoms with Gasteiger partial charge < -0.3 is 14.6 Å². The van der Waals surface area contributed by atoms with Gasteiger partial charge in [0, 0.05) is 11.3 Å². The molecule has 14 heteroatoms. The van der Waals surface area contributed by atoms with Gasteiger partial charge in [0.15, 0.2) is 0 Å². The molecule has 9 nitrogen and oxygen atoms in total. The Kier molecular flexibility index (Phi) is 7.37. The normalized spacial score (nSPS) is 16.0. The number of carbonyl (C=O) groups excluding carboxylic acids is 1. The number of nitrogens with one attached hydrogen (secondary N) is 1. The average Bonchev–Trinajstić information content (AvgIpc) is 2.72. The van der Waals surface area contributed by atoms with E-state index in [0.29, 0.717) is 16.4 Å². The van der Waals surface area contributed by atoms with Gasteiger partial charge in [-0.2, -0.15) is 13.2 Å². The lowest BCUT2D eigenvalue weighted by molar-refractivity contribution is -0.140. The quantitative estimate of drug-likeness (QED) is 0.508. The molecular weight excluding hydrogens is 524 g/mol. The second kappa shape index (κ2) is 9.72. The number of rotatable bonds is 5. The Bertz CT molecular complexity index is 1340. The number of aliphatic carboxylic acids is 1. The monoisotopic (exact) mass is 548 g/mol. The first-order chi connectivity index (χ1) is 16.9. The third-order valence-electron chi connectivity index (χ3n) is 5.18. The van der Waals surface area contributed by atoms with Crippen LogP contribution in [0.2, 0.25) is 0 Å². The van der Waals surface area contributed by atoms with Crippen molar-refractivity contribution in [2.45, 2.75) is 56.9 Å². The number of carboxylic acids is 1. The Balaban J connectivity index is 2.14. The molecule has 202 valence electrons. The van der Waals surface area contributed by atoms with E-state index in [1.54, 1.807) is 20.8 Å². The second-order valence-corrected chi connectivity index (χ2v) is 11.1. The molecule has 3 rings (SSSR count). The number of hydrogen-bond donors (Lipinski definition) is 2. The van der Waals surface area contributed by atoms with Gasteiger partial charge in [0.05, 0.1) is 29.1 Å². The number of anilines is 2. The van der Waals surface area contributed by atoms with Crippen molar-refractivity contribution < 1.29 is 50.1 Å². The Morgan fingerprint density at radius 3 is 2.41 bits per heavy atom. The van der Waals surface area contributed by atoms with Crippen LogP contribution in [-0.4, -0.2) is 43.8 Å². The number of halogens is 4. The minimum absolute atomic E-state index is 0.0773. The maximum Gasteiger partial charge on any atom is 0.419 e. The second-order valence-electron chi connectivity index (χ2n) is 9.23. The van der Waals surface area contributed by atoms with Crippen molar-refractivity contribution in [2.75, 3.05) is 16.2 Å².